The molecule has 11 rings (SSSR count). The molecule has 0 aliphatic rings. The SMILES string of the molecule is c1ccc(-c2nc(-c3cccc(-n4c5ccccc5c5cc(-c6ccc7c8ccccc8n(-c8ccccc8)c7c6)ccc54)c3)nc3ccccc23)cc1. The molecule has 0 radical (unpaired) electrons. The van der Waals surface area contributed by atoms with E-state index in [4.69, 9.17) is 9.97 Å². The third-order valence-electron chi connectivity index (χ3n) is 10.7. The highest BCUT2D eigenvalue weighted by atomic mass is 15.0. The Hall–Kier alpha value is -7.30. The molecule has 3 aromatic heterocycles. The predicted octanol–water partition coefficient (Wildman–Crippen LogP) is 12.8. The van der Waals surface area contributed by atoms with Crippen molar-refractivity contribution in [3.8, 4) is 45.1 Å². The topological polar surface area (TPSA) is 35.6 Å². The van der Waals surface area contributed by atoms with Gasteiger partial charge in [-0.2, -0.15) is 0 Å². The van der Waals surface area contributed by atoms with Gasteiger partial charge in [0.2, 0.25) is 0 Å². The van der Waals surface area contributed by atoms with Crippen LogP contribution in [0, 0.1) is 0 Å². The van der Waals surface area contributed by atoms with Crippen LogP contribution >= 0.6 is 0 Å². The maximum absolute atomic E-state index is 5.17. The minimum absolute atomic E-state index is 0.709. The Morgan fingerprint density at radius 1 is 0.296 bits per heavy atom. The Morgan fingerprint density at radius 3 is 1.65 bits per heavy atom. The van der Waals surface area contributed by atoms with E-state index in [0.29, 0.717) is 5.82 Å². The molecule has 4 nitrogen and oxygen atoms in total. The molecule has 0 saturated heterocycles. The molecule has 0 aliphatic heterocycles. The van der Waals surface area contributed by atoms with E-state index in [1.807, 2.05) is 12.1 Å². The van der Waals surface area contributed by atoms with Crippen LogP contribution < -0.4 is 0 Å². The molecule has 4 heteroatoms. The van der Waals surface area contributed by atoms with Gasteiger partial charge in [0.25, 0.3) is 0 Å². The summed E-state index contributed by atoms with van der Waals surface area (Å²) >= 11 is 0. The highest BCUT2D eigenvalue weighted by Crippen LogP contribution is 2.39. The van der Waals surface area contributed by atoms with Crippen molar-refractivity contribution in [3.63, 3.8) is 0 Å². The molecular weight excluding hydrogens is 657 g/mol. The standard InChI is InChI=1S/C50H32N4/c1-3-14-33(15-4-1)49-42-22-7-10-23-44(42)51-50(52-49)36-16-13-19-38(30-36)54-46-25-12-9-21-40(46)43-31-34(27-29-47(43)54)35-26-28-41-39-20-8-11-24-45(39)53(48(41)32-35)37-17-5-2-6-18-37/h1-32H. The van der Waals surface area contributed by atoms with Crippen LogP contribution in [0.15, 0.2) is 194 Å². The molecule has 0 atom stereocenters. The van der Waals surface area contributed by atoms with Crippen molar-refractivity contribution in [3.05, 3.63) is 194 Å². The van der Waals surface area contributed by atoms with Crippen molar-refractivity contribution in [2.24, 2.45) is 0 Å². The number of para-hydroxylation sites is 4. The maximum atomic E-state index is 5.17. The van der Waals surface area contributed by atoms with Gasteiger partial charge in [-0.15, -0.1) is 0 Å². The lowest BCUT2D eigenvalue weighted by atomic mass is 10.0. The van der Waals surface area contributed by atoms with Crippen molar-refractivity contribution in [1.29, 1.82) is 0 Å². The summed E-state index contributed by atoms with van der Waals surface area (Å²) in [5, 5.41) is 5.98. The molecule has 11 aromatic rings. The summed E-state index contributed by atoms with van der Waals surface area (Å²) in [4.78, 5) is 10.2. The average Bonchev–Trinajstić information content (AvgIpc) is 3.76. The molecule has 0 fully saturated rings. The predicted molar refractivity (Wildman–Crippen MR) is 225 cm³/mol. The lowest BCUT2D eigenvalue weighted by Gasteiger charge is -2.12. The highest BCUT2D eigenvalue weighted by Gasteiger charge is 2.17. The van der Waals surface area contributed by atoms with Gasteiger partial charge in [0.05, 0.1) is 33.3 Å². The van der Waals surface area contributed by atoms with Crippen LogP contribution in [0.3, 0.4) is 0 Å². The first-order valence-electron chi connectivity index (χ1n) is 18.3. The van der Waals surface area contributed by atoms with Crippen LogP contribution in [0.5, 0.6) is 0 Å². The second-order valence-electron chi connectivity index (χ2n) is 13.8. The number of hydrogen-bond acceptors (Lipinski definition) is 2. The molecule has 0 unspecified atom stereocenters. The quantitative estimate of drug-likeness (QED) is 0.180. The number of benzene rings is 8. The van der Waals surface area contributed by atoms with Crippen LogP contribution in [0.25, 0.3) is 99.7 Å². The lowest BCUT2D eigenvalue weighted by Crippen LogP contribution is -1.97. The van der Waals surface area contributed by atoms with Gasteiger partial charge >= 0.3 is 0 Å². The van der Waals surface area contributed by atoms with Crippen molar-refractivity contribution >= 4 is 54.5 Å². The van der Waals surface area contributed by atoms with Gasteiger partial charge in [-0.05, 0) is 71.8 Å². The van der Waals surface area contributed by atoms with E-state index in [-0.39, 0.29) is 0 Å². The van der Waals surface area contributed by atoms with E-state index in [9.17, 15) is 0 Å². The fourth-order valence-electron chi connectivity index (χ4n) is 8.24. The van der Waals surface area contributed by atoms with Crippen LogP contribution in [-0.4, -0.2) is 19.1 Å². The molecule has 8 aromatic carbocycles. The number of fused-ring (bicyclic) bond motifs is 7. The first-order chi connectivity index (χ1) is 26.8. The Kier molecular flexibility index (Phi) is 6.82. The van der Waals surface area contributed by atoms with Crippen LogP contribution in [0.2, 0.25) is 0 Å². The fourth-order valence-corrected chi connectivity index (χ4v) is 8.24. The van der Waals surface area contributed by atoms with Gasteiger partial charge in [0.1, 0.15) is 0 Å². The van der Waals surface area contributed by atoms with Crippen LogP contribution in [0.4, 0.5) is 0 Å². The van der Waals surface area contributed by atoms with Gasteiger partial charge in [0, 0.05) is 49.4 Å². The smallest absolute Gasteiger partial charge is 0.160 e. The second kappa shape index (κ2) is 12.1. The number of rotatable bonds is 5. The molecule has 54 heavy (non-hydrogen) atoms. The Balaban J connectivity index is 1.07. The molecule has 0 aliphatic carbocycles. The molecule has 0 saturated carbocycles. The highest BCUT2D eigenvalue weighted by molar-refractivity contribution is 6.12. The maximum Gasteiger partial charge on any atom is 0.160 e. The van der Waals surface area contributed by atoms with Gasteiger partial charge in [0.15, 0.2) is 5.82 Å². The number of nitrogens with zero attached hydrogens (tertiary/aromatic N) is 4. The fraction of sp³-hybridized carbons (Fsp3) is 0. The molecular formula is C50H32N4. The molecule has 3 heterocycles. The summed E-state index contributed by atoms with van der Waals surface area (Å²) < 4.78 is 4.75. The number of aromatic nitrogens is 4. The summed E-state index contributed by atoms with van der Waals surface area (Å²) in [5.74, 6) is 0.709. The first-order valence-corrected chi connectivity index (χ1v) is 18.3. The largest absolute Gasteiger partial charge is 0.309 e. The minimum atomic E-state index is 0.709. The summed E-state index contributed by atoms with van der Waals surface area (Å²) in [6.07, 6.45) is 0. The zero-order chi connectivity index (χ0) is 35.6. The van der Waals surface area contributed by atoms with E-state index < -0.39 is 0 Å². The van der Waals surface area contributed by atoms with Gasteiger partial charge in [-0.1, -0.05) is 133 Å². The summed E-state index contributed by atoms with van der Waals surface area (Å²) in [5.41, 5.74) is 13.2. The van der Waals surface area contributed by atoms with Gasteiger partial charge < -0.3 is 9.13 Å². The minimum Gasteiger partial charge on any atom is -0.309 e. The van der Waals surface area contributed by atoms with Crippen molar-refractivity contribution < 1.29 is 0 Å². The van der Waals surface area contributed by atoms with Crippen LogP contribution in [0.1, 0.15) is 0 Å². The summed E-state index contributed by atoms with van der Waals surface area (Å²) in [7, 11) is 0. The molecule has 0 amide bonds. The molecule has 0 N–H and O–H groups in total. The van der Waals surface area contributed by atoms with Crippen molar-refractivity contribution in [2.75, 3.05) is 0 Å². The third-order valence-corrected chi connectivity index (χ3v) is 10.7. The number of hydrogen-bond donors (Lipinski definition) is 0. The van der Waals surface area contributed by atoms with E-state index >= 15 is 0 Å². The molecule has 0 spiro atoms. The van der Waals surface area contributed by atoms with Gasteiger partial charge in [-0.25, -0.2) is 9.97 Å². The first kappa shape index (κ1) is 30.3. The monoisotopic (exact) mass is 688 g/mol. The van der Waals surface area contributed by atoms with Crippen LogP contribution in [-0.2, 0) is 0 Å². The summed E-state index contributed by atoms with van der Waals surface area (Å²) in [6, 6.07) is 69.1. The summed E-state index contributed by atoms with van der Waals surface area (Å²) in [6.45, 7) is 0. The second-order valence-corrected chi connectivity index (χ2v) is 13.8. The molecule has 252 valence electrons. The lowest BCUT2D eigenvalue weighted by molar-refractivity contribution is 1.17. The van der Waals surface area contributed by atoms with Crippen molar-refractivity contribution in [1.82, 2.24) is 19.1 Å². The average molecular weight is 689 g/mol. The van der Waals surface area contributed by atoms with Crippen molar-refractivity contribution in [2.45, 2.75) is 0 Å². The Bertz CT molecular complexity index is 3210. The normalized spacial score (nSPS) is 11.7. The molecule has 0 bridgehead atoms. The Morgan fingerprint density at radius 2 is 0.852 bits per heavy atom. The van der Waals surface area contributed by atoms with E-state index in [1.165, 1.54) is 43.7 Å². The zero-order valence-electron chi connectivity index (χ0n) is 29.3. The third kappa shape index (κ3) is 4.78. The zero-order valence-corrected chi connectivity index (χ0v) is 29.3. The van der Waals surface area contributed by atoms with E-state index in [2.05, 4.69) is 191 Å². The van der Waals surface area contributed by atoms with E-state index in [1.54, 1.807) is 0 Å². The Labute approximate surface area is 311 Å². The van der Waals surface area contributed by atoms with Gasteiger partial charge in [-0.3, -0.25) is 0 Å². The van der Waals surface area contributed by atoms with E-state index in [0.717, 1.165) is 50.1 Å².